The normalized spacial score (nSPS) is 21.8. The lowest BCUT2D eigenvalue weighted by Crippen LogP contribution is -2.41. The Morgan fingerprint density at radius 3 is 2.08 bits per heavy atom. The Labute approximate surface area is 155 Å². The number of piperidine rings is 1. The van der Waals surface area contributed by atoms with Gasteiger partial charge in [-0.25, -0.2) is 8.42 Å². The predicted molar refractivity (Wildman–Crippen MR) is 105 cm³/mol. The first-order valence-corrected chi connectivity index (χ1v) is 11.7. The number of likely N-dealkylation sites (N-methyl/N-ethyl adjacent to an activating group) is 1. The van der Waals surface area contributed by atoms with Crippen molar-refractivity contribution in [3.63, 3.8) is 0 Å². The molecular weight excluding hydrogens is 338 g/mol. The quantitative estimate of drug-likeness (QED) is 0.592. The van der Waals surface area contributed by atoms with Gasteiger partial charge in [-0.15, -0.1) is 0 Å². The molecule has 0 atom stereocenters. The molecule has 0 spiro atoms. The van der Waals surface area contributed by atoms with Gasteiger partial charge < -0.3 is 14.5 Å². The molecule has 0 radical (unpaired) electrons. The van der Waals surface area contributed by atoms with Crippen LogP contribution in [0.5, 0.6) is 0 Å². The summed E-state index contributed by atoms with van der Waals surface area (Å²) in [5, 5.41) is 0. The molecule has 2 saturated heterocycles. The largest absolute Gasteiger partial charge is 0.380 e. The molecule has 0 aliphatic carbocycles. The Hall–Kier alpha value is -0.210. The summed E-state index contributed by atoms with van der Waals surface area (Å²) >= 11 is 0. The highest BCUT2D eigenvalue weighted by Crippen LogP contribution is 2.07. The van der Waals surface area contributed by atoms with Crippen LogP contribution >= 0.6 is 0 Å². The van der Waals surface area contributed by atoms with Gasteiger partial charge in [0, 0.05) is 39.3 Å². The van der Waals surface area contributed by atoms with Crippen molar-refractivity contribution in [1.29, 1.82) is 0 Å². The fourth-order valence-corrected chi connectivity index (χ4v) is 4.24. The van der Waals surface area contributed by atoms with Crippen LogP contribution in [-0.2, 0) is 14.6 Å². The summed E-state index contributed by atoms with van der Waals surface area (Å²) in [4.78, 5) is 7.11. The van der Waals surface area contributed by atoms with Crippen LogP contribution in [0.15, 0.2) is 0 Å². The second-order valence-corrected chi connectivity index (χ2v) is 9.29. The van der Waals surface area contributed by atoms with Crippen molar-refractivity contribution in [2.75, 3.05) is 84.1 Å². The van der Waals surface area contributed by atoms with Crippen molar-refractivity contribution in [2.24, 2.45) is 0 Å². The Morgan fingerprint density at radius 2 is 1.52 bits per heavy atom. The molecule has 150 valence electrons. The molecular formula is C18H39N3O3S. The van der Waals surface area contributed by atoms with Crippen LogP contribution in [0.2, 0.25) is 0 Å². The van der Waals surface area contributed by atoms with E-state index in [4.69, 9.17) is 4.74 Å². The van der Waals surface area contributed by atoms with Crippen LogP contribution in [-0.4, -0.2) is 107 Å². The van der Waals surface area contributed by atoms with Crippen LogP contribution in [0.3, 0.4) is 0 Å². The van der Waals surface area contributed by atoms with Crippen LogP contribution in [0, 0.1) is 0 Å². The van der Waals surface area contributed by atoms with E-state index in [9.17, 15) is 8.42 Å². The Balaban J connectivity index is 0.000000251. The number of likely N-dealkylation sites (tertiary alicyclic amines) is 1. The maximum atomic E-state index is 11.1. The molecule has 6 nitrogen and oxygen atoms in total. The average molecular weight is 378 g/mol. The molecule has 7 heteroatoms. The summed E-state index contributed by atoms with van der Waals surface area (Å²) in [6, 6.07) is 0. The molecule has 0 aromatic rings. The zero-order valence-electron chi connectivity index (χ0n) is 16.6. The van der Waals surface area contributed by atoms with E-state index in [0.717, 1.165) is 13.2 Å². The molecule has 2 heterocycles. The van der Waals surface area contributed by atoms with Crippen molar-refractivity contribution in [3.8, 4) is 0 Å². The molecule has 2 fully saturated rings. The molecule has 0 unspecified atom stereocenters. The molecule has 0 aromatic heterocycles. The third-order valence-electron chi connectivity index (χ3n) is 4.98. The number of hydrogen-bond acceptors (Lipinski definition) is 6. The maximum absolute atomic E-state index is 11.1. The van der Waals surface area contributed by atoms with Gasteiger partial charge in [0.25, 0.3) is 0 Å². The lowest BCUT2D eigenvalue weighted by atomic mass is 10.1. The molecule has 0 bridgehead atoms. The Kier molecular flexibility index (Phi) is 11.9. The minimum Gasteiger partial charge on any atom is -0.380 e. The number of rotatable bonds is 8. The minimum absolute atomic E-state index is 0.305. The van der Waals surface area contributed by atoms with Gasteiger partial charge >= 0.3 is 0 Å². The molecule has 0 saturated carbocycles. The predicted octanol–water partition coefficient (Wildman–Crippen LogP) is 1.18. The highest BCUT2D eigenvalue weighted by Gasteiger charge is 2.20. The van der Waals surface area contributed by atoms with Crippen LogP contribution in [0.25, 0.3) is 0 Å². The summed E-state index contributed by atoms with van der Waals surface area (Å²) in [5.41, 5.74) is 0. The summed E-state index contributed by atoms with van der Waals surface area (Å²) in [5.74, 6) is 0.609. The third kappa shape index (κ3) is 11.2. The van der Waals surface area contributed by atoms with Crippen molar-refractivity contribution in [1.82, 2.24) is 14.7 Å². The van der Waals surface area contributed by atoms with Crippen LogP contribution < -0.4 is 0 Å². The third-order valence-corrected chi connectivity index (χ3v) is 6.59. The molecule has 0 aromatic carbocycles. The van der Waals surface area contributed by atoms with Crippen LogP contribution in [0.4, 0.5) is 0 Å². The van der Waals surface area contributed by atoms with Gasteiger partial charge in [-0.1, -0.05) is 13.3 Å². The number of hydrogen-bond donors (Lipinski definition) is 0. The van der Waals surface area contributed by atoms with E-state index in [1.54, 1.807) is 0 Å². The average Bonchev–Trinajstić information content (AvgIpc) is 2.62. The van der Waals surface area contributed by atoms with E-state index in [-0.39, 0.29) is 0 Å². The topological polar surface area (TPSA) is 53.1 Å². The lowest BCUT2D eigenvalue weighted by Gasteiger charge is -2.28. The van der Waals surface area contributed by atoms with E-state index in [2.05, 4.69) is 28.7 Å². The van der Waals surface area contributed by atoms with Crippen molar-refractivity contribution in [3.05, 3.63) is 0 Å². The zero-order valence-corrected chi connectivity index (χ0v) is 17.4. The minimum atomic E-state index is -2.73. The summed E-state index contributed by atoms with van der Waals surface area (Å²) < 4.78 is 27.3. The van der Waals surface area contributed by atoms with Crippen molar-refractivity contribution < 1.29 is 13.2 Å². The molecule has 0 amide bonds. The standard InChI is InChI=1S/C10H22N2.C8H17NO3S/c1-3-11(2)9-10-12-7-5-4-6-8-12;1-2-12-6-3-9-4-7-13(10,11)8-5-9/h3-10H2,1-2H3;2-8H2,1H3. The monoisotopic (exact) mass is 377 g/mol. The lowest BCUT2D eigenvalue weighted by molar-refractivity contribution is 0.116. The molecule has 2 aliphatic heterocycles. The first-order chi connectivity index (χ1) is 12.0. The first-order valence-electron chi connectivity index (χ1n) is 9.88. The first kappa shape index (κ1) is 22.8. The van der Waals surface area contributed by atoms with Crippen molar-refractivity contribution >= 4 is 9.84 Å². The van der Waals surface area contributed by atoms with Gasteiger partial charge in [0.1, 0.15) is 0 Å². The van der Waals surface area contributed by atoms with Gasteiger partial charge in [0.15, 0.2) is 9.84 Å². The van der Waals surface area contributed by atoms with Crippen molar-refractivity contribution in [2.45, 2.75) is 33.1 Å². The van der Waals surface area contributed by atoms with Gasteiger partial charge in [-0.3, -0.25) is 4.90 Å². The molecule has 2 rings (SSSR count). The molecule has 0 N–H and O–H groups in total. The van der Waals surface area contributed by atoms with Gasteiger partial charge in [0.05, 0.1) is 18.1 Å². The zero-order chi connectivity index (χ0) is 18.5. The SMILES string of the molecule is CCN(C)CCN1CCCCC1.CCOCCN1CCS(=O)(=O)CC1. The Morgan fingerprint density at radius 1 is 0.920 bits per heavy atom. The highest BCUT2D eigenvalue weighted by atomic mass is 32.2. The van der Waals surface area contributed by atoms with E-state index >= 15 is 0 Å². The summed E-state index contributed by atoms with van der Waals surface area (Å²) in [7, 11) is -0.530. The number of nitrogens with zero attached hydrogens (tertiary/aromatic N) is 3. The number of ether oxygens (including phenoxy) is 1. The van der Waals surface area contributed by atoms with Gasteiger partial charge in [-0.2, -0.15) is 0 Å². The fourth-order valence-electron chi connectivity index (χ4n) is 2.97. The second kappa shape index (κ2) is 13.0. The Bertz CT molecular complexity index is 411. The highest BCUT2D eigenvalue weighted by molar-refractivity contribution is 7.91. The molecule has 2 aliphatic rings. The van der Waals surface area contributed by atoms with E-state index in [1.165, 1.54) is 52.0 Å². The van der Waals surface area contributed by atoms with Crippen LogP contribution in [0.1, 0.15) is 33.1 Å². The van der Waals surface area contributed by atoms with E-state index < -0.39 is 9.84 Å². The van der Waals surface area contributed by atoms with Gasteiger partial charge in [-0.05, 0) is 46.4 Å². The summed E-state index contributed by atoms with van der Waals surface area (Å²) in [6.07, 6.45) is 4.27. The smallest absolute Gasteiger partial charge is 0.152 e. The number of sulfone groups is 1. The summed E-state index contributed by atoms with van der Waals surface area (Å²) in [6.45, 7) is 14.1. The van der Waals surface area contributed by atoms with E-state index in [1.807, 2.05) is 6.92 Å². The molecule has 25 heavy (non-hydrogen) atoms. The van der Waals surface area contributed by atoms with Gasteiger partial charge in [0.2, 0.25) is 0 Å². The maximum Gasteiger partial charge on any atom is 0.152 e. The second-order valence-electron chi connectivity index (χ2n) is 6.99. The fraction of sp³-hybridized carbons (Fsp3) is 1.00. The van der Waals surface area contributed by atoms with E-state index in [0.29, 0.717) is 31.2 Å².